The third-order valence-corrected chi connectivity index (χ3v) is 6.17. The molecule has 4 rings (SSSR count). The van der Waals surface area contributed by atoms with Crippen LogP contribution in [0.15, 0.2) is 95.5 Å². The van der Waals surface area contributed by atoms with E-state index in [9.17, 15) is 10.1 Å². The van der Waals surface area contributed by atoms with Gasteiger partial charge in [0.1, 0.15) is 11.6 Å². The molecule has 6 heteroatoms. The highest BCUT2D eigenvalue weighted by atomic mass is 35.5. The first-order valence-electron chi connectivity index (χ1n) is 10.1. The van der Waals surface area contributed by atoms with Gasteiger partial charge in [0.2, 0.25) is 0 Å². The second kappa shape index (κ2) is 10.2. The molecule has 0 atom stereocenters. The summed E-state index contributed by atoms with van der Waals surface area (Å²) in [5.41, 5.74) is 2.63. The number of carbonyl (C=O) groups excluding carboxylic acids is 1. The molecule has 0 aliphatic rings. The summed E-state index contributed by atoms with van der Waals surface area (Å²) < 4.78 is 2.16. The fraction of sp³-hybridized carbons (Fsp3) is 0.0769. The second-order valence-corrected chi connectivity index (χ2v) is 8.69. The SMILES string of the molecule is N#C/C(=C/c1cn(CCSc2ccc(Cl)cc2)c2ccccc12)C(=O)Nc1ccccc1. The quantitative estimate of drug-likeness (QED) is 0.192. The van der Waals surface area contributed by atoms with Gasteiger partial charge in [-0.25, -0.2) is 0 Å². The number of nitrogens with zero attached hydrogens (tertiary/aromatic N) is 2. The number of carbonyl (C=O) groups is 1. The number of para-hydroxylation sites is 2. The molecular formula is C26H20ClN3OS. The van der Waals surface area contributed by atoms with Gasteiger partial charge in [-0.05, 0) is 48.5 Å². The van der Waals surface area contributed by atoms with Crippen molar-refractivity contribution in [2.24, 2.45) is 0 Å². The molecule has 1 amide bonds. The zero-order valence-corrected chi connectivity index (χ0v) is 18.7. The van der Waals surface area contributed by atoms with Crippen LogP contribution in [0.3, 0.4) is 0 Å². The lowest BCUT2D eigenvalue weighted by Gasteiger charge is -2.05. The molecule has 0 saturated carbocycles. The summed E-state index contributed by atoms with van der Waals surface area (Å²) in [6, 6.07) is 27.0. The summed E-state index contributed by atoms with van der Waals surface area (Å²) in [5.74, 6) is 0.456. The normalized spacial score (nSPS) is 11.3. The number of amides is 1. The summed E-state index contributed by atoms with van der Waals surface area (Å²) in [5, 5.41) is 14.1. The summed E-state index contributed by atoms with van der Waals surface area (Å²) in [6.07, 6.45) is 3.66. The topological polar surface area (TPSA) is 57.8 Å². The number of hydrogen-bond acceptors (Lipinski definition) is 3. The average molecular weight is 458 g/mol. The first-order valence-corrected chi connectivity index (χ1v) is 11.4. The van der Waals surface area contributed by atoms with Gasteiger partial charge in [0.05, 0.1) is 0 Å². The fourth-order valence-corrected chi connectivity index (χ4v) is 4.37. The zero-order valence-electron chi connectivity index (χ0n) is 17.2. The summed E-state index contributed by atoms with van der Waals surface area (Å²) in [4.78, 5) is 13.8. The number of hydrogen-bond donors (Lipinski definition) is 1. The van der Waals surface area contributed by atoms with Crippen molar-refractivity contribution >= 4 is 51.9 Å². The fourth-order valence-electron chi connectivity index (χ4n) is 3.39. The van der Waals surface area contributed by atoms with Crippen molar-refractivity contribution in [3.05, 3.63) is 101 Å². The molecule has 4 nitrogen and oxygen atoms in total. The van der Waals surface area contributed by atoms with Crippen LogP contribution in [0.5, 0.6) is 0 Å². The van der Waals surface area contributed by atoms with Crippen LogP contribution in [-0.4, -0.2) is 16.2 Å². The Morgan fingerprint density at radius 2 is 1.75 bits per heavy atom. The molecule has 1 heterocycles. The number of fused-ring (bicyclic) bond motifs is 1. The third-order valence-electron chi connectivity index (χ3n) is 4.93. The summed E-state index contributed by atoms with van der Waals surface area (Å²) in [7, 11) is 0. The lowest BCUT2D eigenvalue weighted by molar-refractivity contribution is -0.112. The van der Waals surface area contributed by atoms with Crippen molar-refractivity contribution < 1.29 is 4.79 Å². The van der Waals surface area contributed by atoms with Crippen molar-refractivity contribution in [3.63, 3.8) is 0 Å². The standard InChI is InChI=1S/C26H20ClN3OS/c27-21-10-12-23(13-11-21)32-15-14-30-18-20(24-8-4-5-9-25(24)30)16-19(17-28)26(31)29-22-6-2-1-3-7-22/h1-13,16,18H,14-15H2,(H,29,31)/b19-16-. The van der Waals surface area contributed by atoms with Gasteiger partial charge >= 0.3 is 0 Å². The van der Waals surface area contributed by atoms with Crippen LogP contribution in [0, 0.1) is 11.3 Å². The smallest absolute Gasteiger partial charge is 0.266 e. The van der Waals surface area contributed by atoms with Gasteiger partial charge < -0.3 is 9.88 Å². The molecule has 0 aliphatic carbocycles. The zero-order chi connectivity index (χ0) is 22.3. The molecule has 3 aromatic carbocycles. The van der Waals surface area contributed by atoms with Gasteiger partial charge in [-0.15, -0.1) is 11.8 Å². The first kappa shape index (κ1) is 21.8. The molecule has 0 aliphatic heterocycles. The summed E-state index contributed by atoms with van der Waals surface area (Å²) in [6.45, 7) is 0.791. The number of halogens is 1. The Hall–Kier alpha value is -3.46. The van der Waals surface area contributed by atoms with Crippen LogP contribution in [-0.2, 0) is 11.3 Å². The highest BCUT2D eigenvalue weighted by Gasteiger charge is 2.13. The molecule has 0 bridgehead atoms. The monoisotopic (exact) mass is 457 g/mol. The van der Waals surface area contributed by atoms with E-state index in [4.69, 9.17) is 11.6 Å². The van der Waals surface area contributed by atoms with Crippen molar-refractivity contribution in [2.75, 3.05) is 11.1 Å². The predicted octanol–water partition coefficient (Wildman–Crippen LogP) is 6.63. The van der Waals surface area contributed by atoms with Crippen LogP contribution in [0.2, 0.25) is 5.02 Å². The van der Waals surface area contributed by atoms with Crippen LogP contribution in [0.1, 0.15) is 5.56 Å². The summed E-state index contributed by atoms with van der Waals surface area (Å²) >= 11 is 7.72. The Morgan fingerprint density at radius 1 is 1.03 bits per heavy atom. The van der Waals surface area contributed by atoms with E-state index >= 15 is 0 Å². The van der Waals surface area contributed by atoms with Crippen LogP contribution in [0.4, 0.5) is 5.69 Å². The molecular weight excluding hydrogens is 438 g/mol. The Kier molecular flexibility index (Phi) is 6.96. The molecule has 0 unspecified atom stereocenters. The van der Waals surface area contributed by atoms with E-state index in [2.05, 4.69) is 16.0 Å². The molecule has 0 spiro atoms. The predicted molar refractivity (Wildman–Crippen MR) is 133 cm³/mol. The van der Waals surface area contributed by atoms with Crippen LogP contribution in [0.25, 0.3) is 17.0 Å². The molecule has 0 saturated heterocycles. The molecule has 0 radical (unpaired) electrons. The van der Waals surface area contributed by atoms with Gasteiger partial charge in [0.25, 0.3) is 5.91 Å². The van der Waals surface area contributed by atoms with Gasteiger partial charge in [0.15, 0.2) is 0 Å². The minimum Gasteiger partial charge on any atom is -0.346 e. The molecule has 158 valence electrons. The number of aromatic nitrogens is 1. The maximum absolute atomic E-state index is 12.6. The van der Waals surface area contributed by atoms with Crippen molar-refractivity contribution in [1.29, 1.82) is 5.26 Å². The van der Waals surface area contributed by atoms with Crippen LogP contribution >= 0.6 is 23.4 Å². The van der Waals surface area contributed by atoms with Gasteiger partial charge in [-0.1, -0.05) is 48.0 Å². The Balaban J connectivity index is 1.55. The molecule has 4 aromatic rings. The Labute approximate surface area is 196 Å². The van der Waals surface area contributed by atoms with Crippen LogP contribution < -0.4 is 5.32 Å². The van der Waals surface area contributed by atoms with Crippen molar-refractivity contribution in [3.8, 4) is 6.07 Å². The largest absolute Gasteiger partial charge is 0.346 e. The second-order valence-electron chi connectivity index (χ2n) is 7.09. The maximum atomic E-state index is 12.6. The highest BCUT2D eigenvalue weighted by molar-refractivity contribution is 7.99. The number of nitriles is 1. The van der Waals surface area contributed by atoms with Crippen molar-refractivity contribution in [1.82, 2.24) is 4.57 Å². The minimum absolute atomic E-state index is 0.0623. The molecule has 32 heavy (non-hydrogen) atoms. The average Bonchev–Trinajstić information content (AvgIpc) is 3.17. The maximum Gasteiger partial charge on any atom is 0.266 e. The van der Waals surface area contributed by atoms with E-state index in [-0.39, 0.29) is 5.57 Å². The molecule has 0 fully saturated rings. The molecule has 1 aromatic heterocycles. The Bertz CT molecular complexity index is 1300. The minimum atomic E-state index is -0.422. The number of benzene rings is 3. The number of rotatable bonds is 7. The van der Waals surface area contributed by atoms with Gasteiger partial charge in [-0.2, -0.15) is 5.26 Å². The van der Waals surface area contributed by atoms with E-state index in [1.807, 2.05) is 72.9 Å². The first-order chi connectivity index (χ1) is 15.6. The van der Waals surface area contributed by atoms with E-state index in [1.165, 1.54) is 0 Å². The van der Waals surface area contributed by atoms with E-state index in [0.29, 0.717) is 5.69 Å². The van der Waals surface area contributed by atoms with Gasteiger partial charge in [0, 0.05) is 50.6 Å². The van der Waals surface area contributed by atoms with E-state index in [0.717, 1.165) is 38.7 Å². The number of aryl methyl sites for hydroxylation is 1. The third kappa shape index (κ3) is 5.23. The number of thioether (sulfide) groups is 1. The van der Waals surface area contributed by atoms with E-state index in [1.54, 1.807) is 30.0 Å². The Morgan fingerprint density at radius 3 is 2.50 bits per heavy atom. The highest BCUT2D eigenvalue weighted by Crippen LogP contribution is 2.26. The van der Waals surface area contributed by atoms with Gasteiger partial charge in [-0.3, -0.25) is 4.79 Å². The number of anilines is 1. The lowest BCUT2D eigenvalue weighted by atomic mass is 10.1. The number of nitrogens with one attached hydrogen (secondary N) is 1. The van der Waals surface area contributed by atoms with Crippen molar-refractivity contribution in [2.45, 2.75) is 11.4 Å². The van der Waals surface area contributed by atoms with E-state index < -0.39 is 5.91 Å². The lowest BCUT2D eigenvalue weighted by Crippen LogP contribution is -2.13. The molecule has 1 N–H and O–H groups in total.